The number of carbonyl (C=O) groups excluding carboxylic acids is 3. The first-order valence-electron chi connectivity index (χ1n) is 10.2. The summed E-state index contributed by atoms with van der Waals surface area (Å²) < 4.78 is 5.24. The number of carbonyl (C=O) groups is 4. The Morgan fingerprint density at radius 1 is 1.00 bits per heavy atom. The fraction of sp³-hybridized carbons (Fsp3) is 0.800. The van der Waals surface area contributed by atoms with Crippen LogP contribution in [0.15, 0.2) is 0 Å². The number of ether oxygens (including phenoxy) is 1. The predicted molar refractivity (Wildman–Crippen MR) is 109 cm³/mol. The number of alkyl carbamates (subject to hydrolysis) is 1. The number of nitrogens with one attached hydrogen (secondary N) is 2. The van der Waals surface area contributed by atoms with Crippen LogP contribution in [0.3, 0.4) is 0 Å². The van der Waals surface area contributed by atoms with Crippen molar-refractivity contribution in [3.05, 3.63) is 0 Å². The van der Waals surface area contributed by atoms with Crippen LogP contribution in [0.1, 0.15) is 54.4 Å². The van der Waals surface area contributed by atoms with Gasteiger partial charge in [-0.2, -0.15) is 0 Å². The van der Waals surface area contributed by atoms with Crippen molar-refractivity contribution < 1.29 is 34.1 Å². The van der Waals surface area contributed by atoms with E-state index in [1.54, 1.807) is 25.7 Å². The van der Waals surface area contributed by atoms with Crippen LogP contribution in [0.2, 0.25) is 0 Å². The van der Waals surface area contributed by atoms with E-state index in [4.69, 9.17) is 9.84 Å². The molecular formula is C20H35N3O7. The molecule has 4 N–H and O–H groups in total. The maximum atomic E-state index is 12.9. The minimum atomic E-state index is -1.37. The van der Waals surface area contributed by atoms with Crippen LogP contribution in [-0.4, -0.2) is 75.9 Å². The molecule has 0 aromatic rings. The van der Waals surface area contributed by atoms with E-state index in [-0.39, 0.29) is 11.8 Å². The number of piperidine rings is 1. The normalized spacial score (nSPS) is 18.3. The van der Waals surface area contributed by atoms with E-state index in [0.29, 0.717) is 25.9 Å². The average Bonchev–Trinajstić information content (AvgIpc) is 2.61. The molecule has 1 rings (SSSR count). The van der Waals surface area contributed by atoms with Crippen molar-refractivity contribution >= 4 is 23.9 Å². The maximum absolute atomic E-state index is 12.9. The third kappa shape index (κ3) is 7.81. The first-order valence-corrected chi connectivity index (χ1v) is 10.2. The van der Waals surface area contributed by atoms with Crippen LogP contribution in [-0.2, 0) is 19.1 Å². The van der Waals surface area contributed by atoms with Crippen molar-refractivity contribution in [2.45, 2.75) is 78.2 Å². The number of aliphatic hydroxyl groups excluding tert-OH is 1. The second-order valence-electron chi connectivity index (χ2n) is 9.03. The molecule has 1 fully saturated rings. The average molecular weight is 430 g/mol. The number of amides is 3. The van der Waals surface area contributed by atoms with Gasteiger partial charge in [0.25, 0.3) is 0 Å². The van der Waals surface area contributed by atoms with Crippen LogP contribution in [0.5, 0.6) is 0 Å². The first kappa shape index (κ1) is 25.7. The van der Waals surface area contributed by atoms with E-state index >= 15 is 0 Å². The Bertz CT molecular complexity index is 635. The summed E-state index contributed by atoms with van der Waals surface area (Å²) in [5, 5.41) is 23.6. The summed E-state index contributed by atoms with van der Waals surface area (Å²) in [6.07, 6.45) is -1.16. The van der Waals surface area contributed by atoms with E-state index in [9.17, 15) is 24.3 Å². The minimum absolute atomic E-state index is 0.159. The lowest BCUT2D eigenvalue weighted by Crippen LogP contribution is -2.55. The van der Waals surface area contributed by atoms with E-state index in [1.807, 2.05) is 13.8 Å². The number of aliphatic hydroxyl groups is 1. The smallest absolute Gasteiger partial charge is 0.408 e. The summed E-state index contributed by atoms with van der Waals surface area (Å²) in [5.74, 6) is -2.62. The molecule has 1 aliphatic rings. The van der Waals surface area contributed by atoms with Crippen molar-refractivity contribution in [1.29, 1.82) is 0 Å². The molecule has 0 saturated carbocycles. The molecule has 0 spiro atoms. The second kappa shape index (κ2) is 10.6. The van der Waals surface area contributed by atoms with E-state index in [2.05, 4.69) is 10.6 Å². The van der Waals surface area contributed by atoms with Crippen LogP contribution >= 0.6 is 0 Å². The Morgan fingerprint density at radius 2 is 1.53 bits per heavy atom. The van der Waals surface area contributed by atoms with Crippen molar-refractivity contribution in [3.63, 3.8) is 0 Å². The van der Waals surface area contributed by atoms with Crippen molar-refractivity contribution in [2.75, 3.05) is 13.1 Å². The van der Waals surface area contributed by atoms with Gasteiger partial charge >= 0.3 is 12.1 Å². The molecule has 30 heavy (non-hydrogen) atoms. The van der Waals surface area contributed by atoms with Gasteiger partial charge < -0.3 is 30.5 Å². The number of likely N-dealkylation sites (tertiary alicyclic amines) is 1. The van der Waals surface area contributed by atoms with Gasteiger partial charge in [0, 0.05) is 19.0 Å². The molecule has 3 unspecified atom stereocenters. The number of rotatable bonds is 7. The zero-order chi connectivity index (χ0) is 23.2. The Hall–Kier alpha value is -2.36. The fourth-order valence-corrected chi connectivity index (χ4v) is 3.17. The lowest BCUT2D eigenvalue weighted by atomic mass is 9.93. The lowest BCUT2D eigenvalue weighted by molar-refractivity contribution is -0.146. The molecule has 3 amide bonds. The molecule has 1 heterocycles. The molecule has 1 saturated heterocycles. The molecule has 10 nitrogen and oxygen atoms in total. The summed E-state index contributed by atoms with van der Waals surface area (Å²) in [6, 6.07) is -2.13. The van der Waals surface area contributed by atoms with Gasteiger partial charge in [-0.3, -0.25) is 9.59 Å². The molecule has 10 heteroatoms. The standard InChI is InChI=1S/C20H35N3O7/c1-11(2)14(22-19(29)30-20(4,5)6)17(26)23-9-7-13(8-10-23)16(25)21-15(12(3)24)18(27)28/h11-15,24H,7-10H2,1-6H3,(H,21,25)(H,22,29)(H,27,28). The third-order valence-electron chi connectivity index (χ3n) is 4.83. The van der Waals surface area contributed by atoms with Crippen LogP contribution < -0.4 is 10.6 Å². The monoisotopic (exact) mass is 429 g/mol. The molecular weight excluding hydrogens is 394 g/mol. The highest BCUT2D eigenvalue weighted by atomic mass is 16.6. The molecule has 1 aliphatic heterocycles. The number of hydrogen-bond acceptors (Lipinski definition) is 6. The summed E-state index contributed by atoms with van der Waals surface area (Å²) in [7, 11) is 0. The van der Waals surface area contributed by atoms with Gasteiger partial charge in [0.1, 0.15) is 11.6 Å². The van der Waals surface area contributed by atoms with Gasteiger partial charge in [-0.05, 0) is 46.5 Å². The van der Waals surface area contributed by atoms with Gasteiger partial charge in [0.05, 0.1) is 6.10 Å². The maximum Gasteiger partial charge on any atom is 0.408 e. The van der Waals surface area contributed by atoms with Crippen LogP contribution in [0.4, 0.5) is 4.79 Å². The molecule has 172 valence electrons. The summed E-state index contributed by atoms with van der Waals surface area (Å²) >= 11 is 0. The van der Waals surface area contributed by atoms with Gasteiger partial charge in [0.2, 0.25) is 11.8 Å². The van der Waals surface area contributed by atoms with Crippen molar-refractivity contribution in [2.24, 2.45) is 11.8 Å². The SMILES string of the molecule is CC(C)C(NC(=O)OC(C)(C)C)C(=O)N1CCC(C(=O)NC(C(=O)O)C(C)O)CC1. The van der Waals surface area contributed by atoms with Crippen LogP contribution in [0, 0.1) is 11.8 Å². The van der Waals surface area contributed by atoms with Gasteiger partial charge in [0.15, 0.2) is 6.04 Å². The molecule has 3 atom stereocenters. The topological polar surface area (TPSA) is 145 Å². The molecule has 0 aliphatic carbocycles. The number of hydrogen-bond donors (Lipinski definition) is 4. The second-order valence-corrected chi connectivity index (χ2v) is 9.03. The summed E-state index contributed by atoms with van der Waals surface area (Å²) in [5.41, 5.74) is -0.680. The fourth-order valence-electron chi connectivity index (χ4n) is 3.17. The third-order valence-corrected chi connectivity index (χ3v) is 4.83. The first-order chi connectivity index (χ1) is 13.7. The Morgan fingerprint density at radius 3 is 1.93 bits per heavy atom. The Kier molecular flexibility index (Phi) is 9.08. The molecule has 0 aromatic heterocycles. The number of carboxylic acids is 1. The van der Waals surface area contributed by atoms with Gasteiger partial charge in [-0.15, -0.1) is 0 Å². The summed E-state index contributed by atoms with van der Waals surface area (Å²) in [4.78, 5) is 50.1. The van der Waals surface area contributed by atoms with E-state index < -0.39 is 47.7 Å². The Balaban J connectivity index is 2.67. The van der Waals surface area contributed by atoms with Crippen LogP contribution in [0.25, 0.3) is 0 Å². The zero-order valence-electron chi connectivity index (χ0n) is 18.6. The Labute approximate surface area is 177 Å². The quantitative estimate of drug-likeness (QED) is 0.467. The van der Waals surface area contributed by atoms with Gasteiger partial charge in [-0.1, -0.05) is 13.8 Å². The van der Waals surface area contributed by atoms with Gasteiger partial charge in [-0.25, -0.2) is 9.59 Å². The highest BCUT2D eigenvalue weighted by molar-refractivity contribution is 5.87. The largest absolute Gasteiger partial charge is 0.480 e. The minimum Gasteiger partial charge on any atom is -0.480 e. The van der Waals surface area contributed by atoms with E-state index in [0.717, 1.165) is 0 Å². The van der Waals surface area contributed by atoms with Crippen molar-refractivity contribution in [1.82, 2.24) is 15.5 Å². The molecule has 0 aromatic carbocycles. The lowest BCUT2D eigenvalue weighted by Gasteiger charge is -2.35. The number of nitrogens with zero attached hydrogens (tertiary/aromatic N) is 1. The number of carboxylic acid groups (broad SMARTS) is 1. The predicted octanol–water partition coefficient (Wildman–Crippen LogP) is 0.725. The molecule has 0 radical (unpaired) electrons. The zero-order valence-corrected chi connectivity index (χ0v) is 18.6. The van der Waals surface area contributed by atoms with E-state index in [1.165, 1.54) is 6.92 Å². The highest BCUT2D eigenvalue weighted by Crippen LogP contribution is 2.20. The highest BCUT2D eigenvalue weighted by Gasteiger charge is 2.35. The number of aliphatic carboxylic acids is 1. The summed E-state index contributed by atoms with van der Waals surface area (Å²) in [6.45, 7) is 10.8. The molecule has 0 bridgehead atoms. The van der Waals surface area contributed by atoms with Crippen molar-refractivity contribution in [3.8, 4) is 0 Å².